The van der Waals surface area contributed by atoms with Gasteiger partial charge >= 0.3 is 11.9 Å². The van der Waals surface area contributed by atoms with E-state index in [-0.39, 0.29) is 17.7 Å². The third-order valence-electron chi connectivity index (χ3n) is 3.21. The third-order valence-corrected chi connectivity index (χ3v) is 3.21. The monoisotopic (exact) mass is 307 g/mol. The van der Waals surface area contributed by atoms with Crippen molar-refractivity contribution >= 4 is 17.6 Å². The number of aliphatic hydroxyl groups is 1. The molecule has 0 aliphatic carbocycles. The largest absolute Gasteiger partial charge is 0.466 e. The normalized spacial score (nSPS) is 11.8. The van der Waals surface area contributed by atoms with Crippen LogP contribution in [0.5, 0.6) is 0 Å². The first-order valence-electron chi connectivity index (χ1n) is 6.70. The first-order chi connectivity index (χ1) is 10.3. The summed E-state index contributed by atoms with van der Waals surface area (Å²) in [4.78, 5) is 22.9. The summed E-state index contributed by atoms with van der Waals surface area (Å²) >= 11 is 0. The Hall–Kier alpha value is -2.34. The van der Waals surface area contributed by atoms with Gasteiger partial charge in [-0.2, -0.15) is 0 Å². The van der Waals surface area contributed by atoms with E-state index < -0.39 is 11.9 Å². The molecule has 0 bridgehead atoms. The second kappa shape index (κ2) is 7.61. The Balaban J connectivity index is 2.98. The summed E-state index contributed by atoms with van der Waals surface area (Å²) in [5.74, 6) is -1.34. The van der Waals surface area contributed by atoms with Crippen LogP contribution < -0.4 is 5.32 Å². The summed E-state index contributed by atoms with van der Waals surface area (Å²) in [6.45, 7) is 3.87. The van der Waals surface area contributed by atoms with E-state index in [1.165, 1.54) is 14.2 Å². The van der Waals surface area contributed by atoms with Gasteiger partial charge in [-0.05, 0) is 17.7 Å². The number of hydrogen-bond acceptors (Lipinski definition) is 6. The number of ether oxygens (including phenoxy) is 2. The molecule has 0 aliphatic rings. The number of hydrogen-bond donors (Lipinski definition) is 2. The molecule has 1 aromatic carbocycles. The topological polar surface area (TPSA) is 84.9 Å². The van der Waals surface area contributed by atoms with Crippen LogP contribution in [0.3, 0.4) is 0 Å². The van der Waals surface area contributed by atoms with Crippen LogP contribution in [0.2, 0.25) is 0 Å². The van der Waals surface area contributed by atoms with Gasteiger partial charge in [0.1, 0.15) is 5.70 Å². The van der Waals surface area contributed by atoms with Crippen molar-refractivity contribution in [3.8, 4) is 0 Å². The minimum atomic E-state index is -0.676. The molecule has 0 aromatic heterocycles. The fourth-order valence-electron chi connectivity index (χ4n) is 1.68. The average Bonchev–Trinajstić information content (AvgIpc) is 2.53. The molecule has 0 unspecified atom stereocenters. The molecule has 1 rings (SSSR count). The highest BCUT2D eigenvalue weighted by molar-refractivity contribution is 5.98. The predicted molar refractivity (Wildman–Crippen MR) is 82.3 cm³/mol. The average molecular weight is 307 g/mol. The second-order valence-corrected chi connectivity index (χ2v) is 5.32. The quantitative estimate of drug-likeness (QED) is 0.613. The SMILES string of the molecule is COC(=O)/C=C(/Nc1ccc(C(C)(C)CO)cc1)C(=O)OC. The van der Waals surface area contributed by atoms with E-state index in [0.717, 1.165) is 11.6 Å². The maximum absolute atomic E-state index is 11.6. The van der Waals surface area contributed by atoms with E-state index in [1.807, 2.05) is 26.0 Å². The van der Waals surface area contributed by atoms with Crippen molar-refractivity contribution in [2.75, 3.05) is 26.1 Å². The van der Waals surface area contributed by atoms with Crippen LogP contribution in [-0.4, -0.2) is 37.9 Å². The predicted octanol–water partition coefficient (Wildman–Crippen LogP) is 1.60. The maximum Gasteiger partial charge on any atom is 0.354 e. The number of carbonyl (C=O) groups is 2. The van der Waals surface area contributed by atoms with Crippen molar-refractivity contribution in [3.05, 3.63) is 41.6 Å². The van der Waals surface area contributed by atoms with E-state index in [9.17, 15) is 14.7 Å². The number of rotatable bonds is 6. The van der Waals surface area contributed by atoms with Crippen molar-refractivity contribution in [3.63, 3.8) is 0 Å². The molecule has 6 nitrogen and oxygen atoms in total. The van der Waals surface area contributed by atoms with E-state index in [1.54, 1.807) is 12.1 Å². The summed E-state index contributed by atoms with van der Waals surface area (Å²) in [7, 11) is 2.45. The number of benzene rings is 1. The maximum atomic E-state index is 11.6. The van der Waals surface area contributed by atoms with Crippen molar-refractivity contribution in [2.45, 2.75) is 19.3 Å². The van der Waals surface area contributed by atoms with Crippen molar-refractivity contribution < 1.29 is 24.2 Å². The number of carbonyl (C=O) groups excluding carboxylic acids is 2. The highest BCUT2D eigenvalue weighted by Crippen LogP contribution is 2.24. The van der Waals surface area contributed by atoms with Gasteiger partial charge in [0.2, 0.25) is 0 Å². The van der Waals surface area contributed by atoms with Crippen LogP contribution in [0.4, 0.5) is 5.69 Å². The molecule has 0 amide bonds. The summed E-state index contributed by atoms with van der Waals surface area (Å²) in [6.07, 6.45) is 1.03. The molecule has 0 radical (unpaired) electrons. The molecule has 0 spiro atoms. The highest BCUT2D eigenvalue weighted by atomic mass is 16.5. The number of esters is 2. The van der Waals surface area contributed by atoms with E-state index in [4.69, 9.17) is 0 Å². The minimum absolute atomic E-state index is 0.0232. The molecule has 0 aliphatic heterocycles. The summed E-state index contributed by atoms with van der Waals surface area (Å²) in [6, 6.07) is 7.18. The highest BCUT2D eigenvalue weighted by Gasteiger charge is 2.19. The third kappa shape index (κ3) is 4.60. The number of aliphatic hydroxyl groups excluding tert-OH is 1. The van der Waals surface area contributed by atoms with Crippen LogP contribution in [-0.2, 0) is 24.5 Å². The zero-order valence-corrected chi connectivity index (χ0v) is 13.2. The fourth-order valence-corrected chi connectivity index (χ4v) is 1.68. The Morgan fingerprint density at radius 2 is 1.77 bits per heavy atom. The van der Waals surface area contributed by atoms with Gasteiger partial charge in [-0.1, -0.05) is 26.0 Å². The van der Waals surface area contributed by atoms with Crippen molar-refractivity contribution in [2.24, 2.45) is 0 Å². The number of nitrogens with one attached hydrogen (secondary N) is 1. The fraction of sp³-hybridized carbons (Fsp3) is 0.375. The van der Waals surface area contributed by atoms with Crippen LogP contribution in [0.25, 0.3) is 0 Å². The molecule has 6 heteroatoms. The lowest BCUT2D eigenvalue weighted by atomic mass is 9.85. The molecular weight excluding hydrogens is 286 g/mol. The Bertz CT molecular complexity index is 560. The van der Waals surface area contributed by atoms with Crippen LogP contribution in [0.15, 0.2) is 36.0 Å². The smallest absolute Gasteiger partial charge is 0.354 e. The molecule has 1 aromatic rings. The summed E-state index contributed by atoms with van der Waals surface area (Å²) in [5.41, 5.74) is 1.18. The van der Waals surface area contributed by atoms with Gasteiger partial charge in [0.15, 0.2) is 0 Å². The van der Waals surface area contributed by atoms with E-state index >= 15 is 0 Å². The Morgan fingerprint density at radius 1 is 1.18 bits per heavy atom. The first kappa shape index (κ1) is 17.7. The molecule has 0 heterocycles. The molecule has 0 saturated heterocycles. The molecule has 22 heavy (non-hydrogen) atoms. The Morgan fingerprint density at radius 3 is 2.23 bits per heavy atom. The van der Waals surface area contributed by atoms with E-state index in [2.05, 4.69) is 14.8 Å². The first-order valence-corrected chi connectivity index (χ1v) is 6.70. The molecular formula is C16H21NO5. The summed E-state index contributed by atoms with van der Waals surface area (Å²) in [5, 5.41) is 12.2. The van der Waals surface area contributed by atoms with Gasteiger partial charge in [-0.25, -0.2) is 9.59 Å². The second-order valence-electron chi connectivity index (χ2n) is 5.32. The zero-order chi connectivity index (χ0) is 16.8. The van der Waals surface area contributed by atoms with Crippen LogP contribution in [0.1, 0.15) is 19.4 Å². The molecule has 0 fully saturated rings. The lowest BCUT2D eigenvalue weighted by Crippen LogP contribution is -2.22. The van der Waals surface area contributed by atoms with Gasteiger partial charge in [-0.3, -0.25) is 0 Å². The standard InChI is InChI=1S/C16H21NO5/c1-16(2,10-18)11-5-7-12(8-6-11)17-13(15(20)22-4)9-14(19)21-3/h5-9,17-18H,10H2,1-4H3/b13-9+. The minimum Gasteiger partial charge on any atom is -0.466 e. The van der Waals surface area contributed by atoms with Crippen LogP contribution >= 0.6 is 0 Å². The molecule has 0 atom stereocenters. The lowest BCUT2D eigenvalue weighted by molar-refractivity contribution is -0.138. The van der Waals surface area contributed by atoms with Crippen molar-refractivity contribution in [1.82, 2.24) is 0 Å². The van der Waals surface area contributed by atoms with Gasteiger partial charge < -0.3 is 19.9 Å². The zero-order valence-electron chi connectivity index (χ0n) is 13.2. The lowest BCUT2D eigenvalue weighted by Gasteiger charge is -2.22. The number of methoxy groups -OCH3 is 2. The van der Waals surface area contributed by atoms with E-state index in [0.29, 0.717) is 5.69 Å². The molecule has 2 N–H and O–H groups in total. The Labute approximate surface area is 129 Å². The number of anilines is 1. The molecule has 0 saturated carbocycles. The molecule has 120 valence electrons. The van der Waals surface area contributed by atoms with Gasteiger partial charge in [0, 0.05) is 11.1 Å². The van der Waals surface area contributed by atoms with Gasteiger partial charge in [0.25, 0.3) is 0 Å². The van der Waals surface area contributed by atoms with Crippen LogP contribution in [0, 0.1) is 0 Å². The van der Waals surface area contributed by atoms with Gasteiger partial charge in [0.05, 0.1) is 26.9 Å². The Kier molecular flexibility index (Phi) is 6.12. The van der Waals surface area contributed by atoms with Crippen molar-refractivity contribution in [1.29, 1.82) is 0 Å². The summed E-state index contributed by atoms with van der Waals surface area (Å²) < 4.78 is 9.12. The van der Waals surface area contributed by atoms with Gasteiger partial charge in [-0.15, -0.1) is 0 Å².